The maximum Gasteiger partial charge on any atom is 0.218 e. The maximum atomic E-state index is 3.73. The van der Waals surface area contributed by atoms with Crippen LogP contribution in [-0.2, 0) is 0 Å². The first-order valence-electron chi connectivity index (χ1n) is 2.12. The minimum absolute atomic E-state index is 0.961. The van der Waals surface area contributed by atoms with E-state index in [0.29, 0.717) is 0 Å². The number of nitrogens with zero attached hydrogens (tertiary/aromatic N) is 3. The second-order valence-corrected chi connectivity index (χ2v) is 1.53. The fourth-order valence-electron chi connectivity index (χ4n) is 0.463. The molecule has 3 nitrogen and oxygen atoms in total. The second kappa shape index (κ2) is 1.33. The molecule has 0 saturated heterocycles. The third-order valence-corrected chi connectivity index (χ3v) is 0.717. The minimum atomic E-state index is 0.961. The summed E-state index contributed by atoms with van der Waals surface area (Å²) in [6.07, 6.45) is 1.86. The van der Waals surface area contributed by atoms with E-state index >= 15 is 0 Å². The number of rotatable bonds is 0. The van der Waals surface area contributed by atoms with Crippen molar-refractivity contribution in [2.75, 3.05) is 7.05 Å². The van der Waals surface area contributed by atoms with E-state index in [1.165, 1.54) is 0 Å². The van der Waals surface area contributed by atoms with Crippen LogP contribution in [0.1, 0.15) is 6.92 Å². The lowest BCUT2D eigenvalue weighted by molar-refractivity contribution is 0.470. The third-order valence-electron chi connectivity index (χ3n) is 0.717. The van der Waals surface area contributed by atoms with Crippen molar-refractivity contribution >= 4 is 0 Å². The Hall–Kier alpha value is -0.860. The summed E-state index contributed by atoms with van der Waals surface area (Å²) >= 11 is 0. The summed E-state index contributed by atoms with van der Waals surface area (Å²) in [7, 11) is 1.85. The van der Waals surface area contributed by atoms with Gasteiger partial charge in [0.15, 0.2) is 6.20 Å². The Morgan fingerprint density at radius 2 is 2.57 bits per heavy atom. The summed E-state index contributed by atoms with van der Waals surface area (Å²) in [5, 5.41) is 9.09. The smallest absolute Gasteiger partial charge is 0.136 e. The van der Waals surface area contributed by atoms with Gasteiger partial charge in [0.1, 0.15) is 12.3 Å². The summed E-state index contributed by atoms with van der Waals surface area (Å²) in [6.45, 7) is 1.91. The first-order valence-corrected chi connectivity index (χ1v) is 2.12. The Kier molecular flexibility index (Phi) is 0.817. The second-order valence-electron chi connectivity index (χ2n) is 1.53. The van der Waals surface area contributed by atoms with Gasteiger partial charge in [0.05, 0.1) is 5.11 Å². The van der Waals surface area contributed by atoms with Crippen molar-refractivity contribution in [3.63, 3.8) is 0 Å². The molecule has 0 unspecified atom stereocenters. The van der Waals surface area contributed by atoms with E-state index in [4.69, 9.17) is 0 Å². The molecule has 0 aromatic rings. The molecule has 0 bridgehead atoms. The molecule has 0 spiro atoms. The van der Waals surface area contributed by atoms with Gasteiger partial charge in [-0.2, -0.15) is 0 Å². The van der Waals surface area contributed by atoms with Gasteiger partial charge in [-0.15, -0.1) is 5.01 Å². The number of hydrogen-bond acceptors (Lipinski definition) is 3. The topological polar surface area (TPSA) is 29.7 Å². The van der Waals surface area contributed by atoms with E-state index < -0.39 is 0 Å². The van der Waals surface area contributed by atoms with Crippen LogP contribution in [-0.4, -0.2) is 12.1 Å². The van der Waals surface area contributed by atoms with E-state index in [1.807, 2.05) is 20.2 Å². The zero-order chi connectivity index (χ0) is 5.28. The highest BCUT2D eigenvalue weighted by Crippen LogP contribution is 1.97. The van der Waals surface area contributed by atoms with E-state index in [1.54, 1.807) is 5.01 Å². The van der Waals surface area contributed by atoms with Crippen LogP contribution >= 0.6 is 0 Å². The molecule has 1 radical (unpaired) electrons. The Morgan fingerprint density at radius 1 is 1.86 bits per heavy atom. The zero-order valence-electron chi connectivity index (χ0n) is 4.42. The van der Waals surface area contributed by atoms with Crippen LogP contribution in [0.25, 0.3) is 0 Å². The summed E-state index contributed by atoms with van der Waals surface area (Å²) in [4.78, 5) is 0. The van der Waals surface area contributed by atoms with Crippen LogP contribution < -0.4 is 5.11 Å². The van der Waals surface area contributed by atoms with Gasteiger partial charge in [-0.25, -0.2) is 0 Å². The highest BCUT2D eigenvalue weighted by molar-refractivity contribution is 4.92. The molecule has 0 aliphatic carbocycles. The van der Waals surface area contributed by atoms with Crippen molar-refractivity contribution in [3.05, 3.63) is 11.9 Å². The average molecular weight is 97.1 g/mol. The Balaban J connectivity index is 2.69. The minimum Gasteiger partial charge on any atom is -0.136 e. The maximum absolute atomic E-state index is 3.73. The van der Waals surface area contributed by atoms with E-state index in [2.05, 4.69) is 10.3 Å². The van der Waals surface area contributed by atoms with Gasteiger partial charge in [-0.05, 0) is 0 Å². The largest absolute Gasteiger partial charge is 0.218 e. The monoisotopic (exact) mass is 97.1 g/mol. The highest BCUT2D eigenvalue weighted by Gasteiger charge is 2.09. The van der Waals surface area contributed by atoms with Gasteiger partial charge in [0.2, 0.25) is 5.70 Å². The number of hydrogen-bond donors (Lipinski definition) is 0. The molecule has 3 heteroatoms. The first kappa shape index (κ1) is 4.30. The van der Waals surface area contributed by atoms with Crippen LogP contribution in [0.5, 0.6) is 0 Å². The predicted molar refractivity (Wildman–Crippen MR) is 26.1 cm³/mol. The van der Waals surface area contributed by atoms with Crippen LogP contribution in [0.4, 0.5) is 0 Å². The van der Waals surface area contributed by atoms with Gasteiger partial charge < -0.3 is 0 Å². The van der Waals surface area contributed by atoms with Crippen LogP contribution in [0.2, 0.25) is 0 Å². The van der Waals surface area contributed by atoms with Crippen LogP contribution in [0.15, 0.2) is 17.1 Å². The first-order chi connectivity index (χ1) is 3.29. The quantitative estimate of drug-likeness (QED) is 0.432. The molecule has 1 heterocycles. The molecule has 0 amide bonds. The molecule has 1 aliphatic heterocycles. The van der Waals surface area contributed by atoms with Gasteiger partial charge >= 0.3 is 0 Å². The zero-order valence-corrected chi connectivity index (χ0v) is 4.42. The van der Waals surface area contributed by atoms with E-state index in [9.17, 15) is 0 Å². The molecule has 7 heavy (non-hydrogen) atoms. The molecule has 1 aliphatic rings. The average Bonchev–Trinajstić information content (AvgIpc) is 1.87. The summed E-state index contributed by atoms with van der Waals surface area (Å²) in [6, 6.07) is 0. The lowest BCUT2D eigenvalue weighted by atomic mass is 10.6. The molecule has 37 valence electrons. The lowest BCUT2D eigenvalue weighted by Crippen LogP contribution is -1.94. The molecule has 0 atom stereocenters. The van der Waals surface area contributed by atoms with Crippen LogP contribution in [0.3, 0.4) is 0 Å². The van der Waals surface area contributed by atoms with Gasteiger partial charge in [-0.1, -0.05) is 0 Å². The summed E-state index contributed by atoms with van der Waals surface area (Å²) < 4.78 is 0. The van der Waals surface area contributed by atoms with E-state index in [0.717, 1.165) is 5.70 Å². The van der Waals surface area contributed by atoms with Crippen molar-refractivity contribution in [3.8, 4) is 0 Å². The molecule has 0 fully saturated rings. The Morgan fingerprint density at radius 3 is 2.71 bits per heavy atom. The molecule has 0 saturated carbocycles. The summed E-state index contributed by atoms with van der Waals surface area (Å²) in [5.41, 5.74) is 0.961. The fraction of sp³-hybridized carbons (Fsp3) is 0.500. The highest BCUT2D eigenvalue weighted by atomic mass is 15.5. The Bertz CT molecular complexity index is 125. The van der Waals surface area contributed by atoms with Gasteiger partial charge in [0, 0.05) is 6.92 Å². The van der Waals surface area contributed by atoms with Crippen molar-refractivity contribution in [2.45, 2.75) is 6.92 Å². The van der Waals surface area contributed by atoms with Crippen molar-refractivity contribution < 1.29 is 0 Å². The summed E-state index contributed by atoms with van der Waals surface area (Å²) in [5.74, 6) is 0. The van der Waals surface area contributed by atoms with Crippen molar-refractivity contribution in [2.24, 2.45) is 5.22 Å². The van der Waals surface area contributed by atoms with Gasteiger partial charge in [-0.3, -0.25) is 0 Å². The molecular weight excluding hydrogens is 90.1 g/mol. The Labute approximate surface area is 42.3 Å². The third kappa shape index (κ3) is 0.765. The normalized spacial score (nSPS) is 18.0. The lowest BCUT2D eigenvalue weighted by Gasteiger charge is -1.80. The number of allylic oxidation sites excluding steroid dienone is 1. The predicted octanol–water partition coefficient (Wildman–Crippen LogP) is 0.496. The van der Waals surface area contributed by atoms with E-state index in [-0.39, 0.29) is 0 Å². The fourth-order valence-corrected chi connectivity index (χ4v) is 0.463. The SMILES string of the molecule is CC1=CN(C)N=[N+]1. The van der Waals surface area contributed by atoms with Gasteiger partial charge in [0.25, 0.3) is 0 Å². The molecule has 0 aromatic heterocycles. The molecule has 0 aromatic carbocycles. The van der Waals surface area contributed by atoms with Crippen molar-refractivity contribution in [1.29, 1.82) is 0 Å². The molecule has 1 rings (SSSR count). The van der Waals surface area contributed by atoms with Crippen LogP contribution in [0, 0.1) is 0 Å². The standard InChI is InChI=1S/C4H7N3/c1-4-3-7(2)6-5-4/h3H,1-2H3/q+1. The molecule has 0 N–H and O–H groups in total. The molecular formula is C4H7N3+. The van der Waals surface area contributed by atoms with Crippen molar-refractivity contribution in [1.82, 2.24) is 10.1 Å².